The average molecular weight is 379 g/mol. The fraction of sp³-hybridized carbons (Fsp3) is 0.190. The molecule has 4 rings (SSSR count). The number of fused-ring (bicyclic) bond motifs is 1. The molecule has 2 heterocycles. The van der Waals surface area contributed by atoms with Crippen molar-refractivity contribution in [3.63, 3.8) is 0 Å². The summed E-state index contributed by atoms with van der Waals surface area (Å²) >= 11 is 1.53. The zero-order valence-electron chi connectivity index (χ0n) is 14.9. The molecule has 0 unspecified atom stereocenters. The molecule has 4 N–H and O–H groups in total. The van der Waals surface area contributed by atoms with Crippen LogP contribution in [-0.2, 0) is 19.5 Å². The van der Waals surface area contributed by atoms with E-state index in [2.05, 4.69) is 40.0 Å². The van der Waals surface area contributed by atoms with Crippen molar-refractivity contribution >= 4 is 27.9 Å². The normalized spacial score (nSPS) is 13.8. The molecule has 0 aliphatic carbocycles. The van der Waals surface area contributed by atoms with E-state index in [4.69, 9.17) is 5.73 Å². The van der Waals surface area contributed by atoms with Crippen molar-refractivity contribution in [2.24, 2.45) is 0 Å². The Morgan fingerprint density at radius 3 is 2.52 bits per heavy atom. The summed E-state index contributed by atoms with van der Waals surface area (Å²) in [6.45, 7) is 2.66. The van der Waals surface area contributed by atoms with Crippen LogP contribution >= 0.6 is 11.3 Å². The second-order valence-electron chi connectivity index (χ2n) is 6.63. The number of carbonyl (C=O) groups is 1. The molecule has 1 amide bonds. The topological polar surface area (TPSA) is 70.4 Å². The lowest BCUT2D eigenvalue weighted by atomic mass is 10.0. The van der Waals surface area contributed by atoms with Crippen LogP contribution in [0.15, 0.2) is 60.7 Å². The summed E-state index contributed by atoms with van der Waals surface area (Å²) < 4.78 is 0. The van der Waals surface area contributed by atoms with Crippen LogP contribution in [0.3, 0.4) is 0 Å². The van der Waals surface area contributed by atoms with Crippen molar-refractivity contribution in [2.75, 3.05) is 17.7 Å². The number of nitrogens with zero attached hydrogens (tertiary/aromatic N) is 1. The third-order valence-corrected chi connectivity index (χ3v) is 5.78. The maximum atomic E-state index is 12.7. The number of thiophene rings is 1. The average Bonchev–Trinajstić information content (AvgIpc) is 3.03. The molecule has 0 atom stereocenters. The molecular weight excluding hydrogens is 356 g/mol. The molecule has 0 saturated heterocycles. The predicted octanol–water partition coefficient (Wildman–Crippen LogP) is 3.65. The van der Waals surface area contributed by atoms with Gasteiger partial charge in [0.15, 0.2) is 0 Å². The zero-order valence-corrected chi connectivity index (χ0v) is 15.8. The van der Waals surface area contributed by atoms with Gasteiger partial charge in [0.1, 0.15) is 0 Å². The molecule has 0 fully saturated rings. The zero-order chi connectivity index (χ0) is 18.6. The quantitative estimate of drug-likeness (QED) is 0.593. The van der Waals surface area contributed by atoms with Gasteiger partial charge in [0, 0.05) is 24.5 Å². The number of hydrogen-bond donors (Lipinski definition) is 3. The third kappa shape index (κ3) is 3.97. The van der Waals surface area contributed by atoms with E-state index in [9.17, 15) is 4.79 Å². The fourth-order valence-corrected chi connectivity index (χ4v) is 4.57. The molecule has 27 heavy (non-hydrogen) atoms. The lowest BCUT2D eigenvalue weighted by Crippen LogP contribution is -2.33. The summed E-state index contributed by atoms with van der Waals surface area (Å²) in [5.74, 6) is -0.176. The van der Waals surface area contributed by atoms with Gasteiger partial charge >= 0.3 is 0 Å². The Balaban J connectivity index is 1.45. The molecule has 5 nitrogen and oxygen atoms in total. The van der Waals surface area contributed by atoms with Crippen LogP contribution in [0.1, 0.15) is 26.4 Å². The number of rotatable bonds is 5. The monoisotopic (exact) mass is 378 g/mol. The van der Waals surface area contributed by atoms with Crippen molar-refractivity contribution < 1.29 is 4.79 Å². The first-order valence-electron chi connectivity index (χ1n) is 8.98. The van der Waals surface area contributed by atoms with E-state index in [1.165, 1.54) is 21.8 Å². The molecule has 1 aliphatic heterocycles. The molecule has 3 aromatic rings. The Hall–Kier alpha value is -2.83. The first-order chi connectivity index (χ1) is 13.2. The fourth-order valence-electron chi connectivity index (χ4n) is 3.42. The van der Waals surface area contributed by atoms with E-state index in [0.717, 1.165) is 37.3 Å². The van der Waals surface area contributed by atoms with E-state index in [-0.39, 0.29) is 5.91 Å². The number of para-hydroxylation sites is 1. The predicted molar refractivity (Wildman–Crippen MR) is 111 cm³/mol. The van der Waals surface area contributed by atoms with Gasteiger partial charge in [0.05, 0.1) is 16.3 Å². The van der Waals surface area contributed by atoms with Crippen molar-refractivity contribution in [1.29, 1.82) is 0 Å². The molecule has 6 heteroatoms. The van der Waals surface area contributed by atoms with Crippen LogP contribution < -0.4 is 16.6 Å². The highest BCUT2D eigenvalue weighted by Crippen LogP contribution is 2.35. The van der Waals surface area contributed by atoms with Crippen LogP contribution in [-0.4, -0.2) is 17.4 Å². The van der Waals surface area contributed by atoms with E-state index in [0.29, 0.717) is 10.6 Å². The number of hydrazine groups is 1. The molecular formula is C21H22N4OS. The molecule has 0 saturated carbocycles. The number of nitrogen functional groups attached to an aromatic ring is 1. The third-order valence-electron chi connectivity index (χ3n) is 4.73. The molecule has 2 aromatic carbocycles. The lowest BCUT2D eigenvalue weighted by molar-refractivity contribution is 0.0962. The van der Waals surface area contributed by atoms with Gasteiger partial charge in [-0.25, -0.2) is 0 Å². The maximum Gasteiger partial charge on any atom is 0.272 e. The number of nitrogens with two attached hydrogens (primary N) is 1. The van der Waals surface area contributed by atoms with Gasteiger partial charge in [-0.2, -0.15) is 0 Å². The highest BCUT2D eigenvalue weighted by atomic mass is 32.1. The van der Waals surface area contributed by atoms with Gasteiger partial charge in [0.25, 0.3) is 5.91 Å². The minimum Gasteiger partial charge on any atom is -0.390 e. The maximum absolute atomic E-state index is 12.7. The van der Waals surface area contributed by atoms with Gasteiger partial charge in [-0.1, -0.05) is 48.5 Å². The number of anilines is 2. The van der Waals surface area contributed by atoms with Crippen molar-refractivity contribution in [3.05, 3.63) is 82.2 Å². The molecule has 138 valence electrons. The van der Waals surface area contributed by atoms with E-state index >= 15 is 0 Å². The molecule has 0 spiro atoms. The smallest absolute Gasteiger partial charge is 0.272 e. The van der Waals surface area contributed by atoms with Gasteiger partial charge < -0.3 is 5.73 Å². The van der Waals surface area contributed by atoms with Crippen LogP contribution in [0.2, 0.25) is 0 Å². The van der Waals surface area contributed by atoms with Crippen molar-refractivity contribution in [3.8, 4) is 0 Å². The van der Waals surface area contributed by atoms with Gasteiger partial charge in [-0.05, 0) is 29.7 Å². The number of nitrogens with one attached hydrogen (secondary N) is 2. The molecule has 0 radical (unpaired) electrons. The van der Waals surface area contributed by atoms with Gasteiger partial charge in [0.2, 0.25) is 0 Å². The highest BCUT2D eigenvalue weighted by Gasteiger charge is 2.27. The molecule has 0 bridgehead atoms. The van der Waals surface area contributed by atoms with E-state index in [1.54, 1.807) is 0 Å². The summed E-state index contributed by atoms with van der Waals surface area (Å²) in [5.41, 5.74) is 15.8. The van der Waals surface area contributed by atoms with Crippen LogP contribution in [0.5, 0.6) is 0 Å². The second-order valence-corrected chi connectivity index (χ2v) is 7.77. The first-order valence-corrected chi connectivity index (χ1v) is 9.80. The van der Waals surface area contributed by atoms with Crippen molar-refractivity contribution in [1.82, 2.24) is 10.3 Å². The summed E-state index contributed by atoms with van der Waals surface area (Å²) in [5, 5.41) is 0.592. The SMILES string of the molecule is Nc1sc2c(c1C(=O)NNc1ccccc1)CCN(Cc1ccccc1)C2. The van der Waals surface area contributed by atoms with Gasteiger partial charge in [-0.15, -0.1) is 11.3 Å². The number of carbonyl (C=O) groups excluding carboxylic acids is 1. The largest absolute Gasteiger partial charge is 0.390 e. The summed E-state index contributed by atoms with van der Waals surface area (Å²) in [6.07, 6.45) is 0.837. The van der Waals surface area contributed by atoms with Crippen LogP contribution in [0.4, 0.5) is 10.7 Å². The Morgan fingerprint density at radius 2 is 1.78 bits per heavy atom. The second kappa shape index (κ2) is 7.82. The first kappa shape index (κ1) is 17.6. The Bertz CT molecular complexity index is 924. The summed E-state index contributed by atoms with van der Waals surface area (Å²) in [7, 11) is 0. The Labute approximate surface area is 162 Å². The number of benzene rings is 2. The Morgan fingerprint density at radius 1 is 1.07 bits per heavy atom. The minimum absolute atomic E-state index is 0.176. The molecule has 1 aromatic heterocycles. The van der Waals surface area contributed by atoms with Crippen LogP contribution in [0.25, 0.3) is 0 Å². The standard InChI is InChI=1S/C21H22N4OS/c22-20-19(21(26)24-23-16-9-5-2-6-10-16)17-11-12-25(14-18(17)27-20)13-15-7-3-1-4-8-15/h1-10,23H,11-14,22H2,(H,24,26). The highest BCUT2D eigenvalue weighted by molar-refractivity contribution is 7.16. The Kier molecular flexibility index (Phi) is 5.09. The molecule has 1 aliphatic rings. The van der Waals surface area contributed by atoms with Gasteiger partial charge in [-0.3, -0.25) is 20.5 Å². The minimum atomic E-state index is -0.176. The van der Waals surface area contributed by atoms with Crippen LogP contribution in [0, 0.1) is 0 Å². The van der Waals surface area contributed by atoms with E-state index < -0.39 is 0 Å². The van der Waals surface area contributed by atoms with Crippen molar-refractivity contribution in [2.45, 2.75) is 19.5 Å². The number of hydrogen-bond acceptors (Lipinski definition) is 5. The lowest BCUT2D eigenvalue weighted by Gasteiger charge is -2.27. The summed E-state index contributed by atoms with van der Waals surface area (Å²) in [4.78, 5) is 16.3. The summed E-state index contributed by atoms with van der Waals surface area (Å²) in [6, 6.07) is 20.0. The number of amides is 1. The van der Waals surface area contributed by atoms with E-state index in [1.807, 2.05) is 36.4 Å².